The van der Waals surface area contributed by atoms with Gasteiger partial charge in [0.25, 0.3) is 5.91 Å². The lowest BCUT2D eigenvalue weighted by molar-refractivity contribution is -0.128. The van der Waals surface area contributed by atoms with Crippen molar-refractivity contribution in [2.45, 2.75) is 96.1 Å². The lowest BCUT2D eigenvalue weighted by Crippen LogP contribution is -2.56. The van der Waals surface area contributed by atoms with Gasteiger partial charge in [-0.05, 0) is 30.7 Å². The Bertz CT molecular complexity index is 1270. The van der Waals surface area contributed by atoms with E-state index in [-0.39, 0.29) is 24.2 Å². The third kappa shape index (κ3) is 6.21. The van der Waals surface area contributed by atoms with Crippen molar-refractivity contribution >= 4 is 34.1 Å². The number of aliphatic hydroxyl groups excluding tert-OH is 2. The highest BCUT2D eigenvalue weighted by molar-refractivity contribution is 7.07. The molecule has 0 bridgehead atoms. The summed E-state index contributed by atoms with van der Waals surface area (Å²) in [6, 6.07) is 6.43. The number of aliphatic hydroxyl groups is 2. The summed E-state index contributed by atoms with van der Waals surface area (Å²) < 4.78 is 0. The van der Waals surface area contributed by atoms with Crippen molar-refractivity contribution in [3.05, 3.63) is 52.1 Å². The number of nitrogens with zero attached hydrogens (tertiary/aromatic N) is 2. The molecule has 1 saturated carbocycles. The lowest BCUT2D eigenvalue weighted by Gasteiger charge is -2.35. The molecule has 2 aliphatic rings. The van der Waals surface area contributed by atoms with E-state index in [2.05, 4.69) is 15.3 Å². The molecule has 8 nitrogen and oxygen atoms in total. The fraction of sp³-hybridized carbons (Fsp3) is 0.567. The molecular weight excluding hydrogens is 512 g/mol. The number of rotatable bonds is 11. The Kier molecular flexibility index (Phi) is 8.69. The van der Waals surface area contributed by atoms with Gasteiger partial charge in [-0.15, -0.1) is 11.3 Å². The average molecular weight is 553 g/mol. The van der Waals surface area contributed by atoms with Crippen molar-refractivity contribution in [3.8, 4) is 0 Å². The van der Waals surface area contributed by atoms with Crippen LogP contribution in [0.5, 0.6) is 0 Å². The molecule has 1 aliphatic carbocycles. The molecule has 9 heteroatoms. The first-order valence-corrected chi connectivity index (χ1v) is 15.2. The molecule has 0 radical (unpaired) electrons. The normalized spacial score (nSPS) is 19.3. The summed E-state index contributed by atoms with van der Waals surface area (Å²) in [5, 5.41) is 28.0. The Morgan fingerprint density at radius 1 is 1.21 bits per heavy atom. The van der Waals surface area contributed by atoms with Crippen LogP contribution in [0.2, 0.25) is 0 Å². The third-order valence-corrected chi connectivity index (χ3v) is 8.98. The summed E-state index contributed by atoms with van der Waals surface area (Å²) in [4.78, 5) is 36.9. The topological polar surface area (TPSA) is 119 Å². The van der Waals surface area contributed by atoms with Gasteiger partial charge in [0.15, 0.2) is 0 Å². The minimum atomic E-state index is -1.08. The van der Waals surface area contributed by atoms with Crippen LogP contribution in [-0.2, 0) is 17.8 Å². The molecule has 39 heavy (non-hydrogen) atoms. The summed E-state index contributed by atoms with van der Waals surface area (Å²) in [5.41, 5.74) is 4.81. The smallest absolute Gasteiger partial charge is 0.271 e. The number of benzene rings is 1. The average Bonchev–Trinajstić information content (AvgIpc) is 3.64. The van der Waals surface area contributed by atoms with Crippen molar-refractivity contribution < 1.29 is 19.8 Å². The summed E-state index contributed by atoms with van der Waals surface area (Å²) >= 11 is 1.45. The van der Waals surface area contributed by atoms with Crippen molar-refractivity contribution in [3.63, 3.8) is 0 Å². The van der Waals surface area contributed by atoms with Crippen LogP contribution in [-0.4, -0.2) is 61.2 Å². The maximum Gasteiger partial charge on any atom is 0.271 e. The number of H-pyrrole nitrogens is 1. The largest absolute Gasteiger partial charge is 0.390 e. The van der Waals surface area contributed by atoms with Crippen LogP contribution in [0.3, 0.4) is 0 Å². The number of para-hydroxylation sites is 1. The van der Waals surface area contributed by atoms with Crippen LogP contribution in [0.1, 0.15) is 80.5 Å². The van der Waals surface area contributed by atoms with Gasteiger partial charge in [0, 0.05) is 34.8 Å². The standard InChI is InChI=1S/C30H40N4O4S/c1-18(2)12-26(35)28(36)24(13-19-8-4-3-5-9-19)33-29(37)25(14-20-16-39-17-31-20)34-15-22-21-10-6-7-11-23(21)32-27(22)30(34)38/h6-7,10-11,16-19,24-26,28,32,35-36H,3-5,8-9,12-15H2,1-2H3,(H,33,37)/t24-,25-,26-,28+/m0/s1. The first-order valence-electron chi connectivity index (χ1n) is 14.3. The van der Waals surface area contributed by atoms with Gasteiger partial charge in [-0.25, -0.2) is 4.98 Å². The van der Waals surface area contributed by atoms with Crippen molar-refractivity contribution in [2.24, 2.45) is 11.8 Å². The van der Waals surface area contributed by atoms with Crippen molar-refractivity contribution in [1.29, 1.82) is 0 Å². The van der Waals surface area contributed by atoms with Crippen LogP contribution in [0.25, 0.3) is 10.9 Å². The van der Waals surface area contributed by atoms with Crippen LogP contribution < -0.4 is 5.32 Å². The second-order valence-electron chi connectivity index (χ2n) is 11.7. The predicted molar refractivity (Wildman–Crippen MR) is 152 cm³/mol. The summed E-state index contributed by atoms with van der Waals surface area (Å²) in [6.45, 7) is 4.34. The van der Waals surface area contributed by atoms with E-state index in [4.69, 9.17) is 0 Å². The number of aromatic amines is 1. The van der Waals surface area contributed by atoms with E-state index in [1.165, 1.54) is 17.8 Å². The van der Waals surface area contributed by atoms with Crippen molar-refractivity contribution in [2.75, 3.05) is 0 Å². The number of thiazole rings is 1. The van der Waals surface area contributed by atoms with Gasteiger partial charge in [-0.3, -0.25) is 9.59 Å². The summed E-state index contributed by atoms with van der Waals surface area (Å²) in [7, 11) is 0. The molecule has 2 aromatic heterocycles. The molecule has 3 heterocycles. The number of aromatic nitrogens is 2. The monoisotopic (exact) mass is 552 g/mol. The van der Waals surface area contributed by atoms with Crippen molar-refractivity contribution in [1.82, 2.24) is 20.2 Å². The molecule has 3 aromatic rings. The van der Waals surface area contributed by atoms with Gasteiger partial charge in [0.1, 0.15) is 17.8 Å². The number of carbonyl (C=O) groups excluding carboxylic acids is 2. The molecule has 1 aliphatic heterocycles. The highest BCUT2D eigenvalue weighted by atomic mass is 32.1. The van der Waals surface area contributed by atoms with Gasteiger partial charge in [-0.1, -0.05) is 64.2 Å². The molecule has 0 saturated heterocycles. The maximum atomic E-state index is 14.0. The molecule has 0 unspecified atom stereocenters. The van der Waals surface area contributed by atoms with E-state index in [0.717, 1.165) is 47.8 Å². The SMILES string of the molecule is CC(C)C[C@H](O)[C@H](O)[C@H](CC1CCCCC1)NC(=O)[C@H](Cc1cscn1)N1Cc2c([nH]c3ccccc23)C1=O. The second-order valence-corrected chi connectivity index (χ2v) is 12.4. The van der Waals surface area contributed by atoms with Gasteiger partial charge in [-0.2, -0.15) is 0 Å². The second kappa shape index (κ2) is 12.2. The zero-order valence-corrected chi connectivity index (χ0v) is 23.6. The van der Waals surface area contributed by atoms with Crippen LogP contribution in [0.4, 0.5) is 0 Å². The molecule has 1 aromatic carbocycles. The summed E-state index contributed by atoms with van der Waals surface area (Å²) in [5.74, 6) is 0.0777. The zero-order chi connectivity index (χ0) is 27.5. The molecule has 4 N–H and O–H groups in total. The first kappa shape index (κ1) is 27.8. The Morgan fingerprint density at radius 3 is 2.69 bits per heavy atom. The van der Waals surface area contributed by atoms with E-state index >= 15 is 0 Å². The predicted octanol–water partition coefficient (Wildman–Crippen LogP) is 4.41. The van der Waals surface area contributed by atoms with E-state index in [1.807, 2.05) is 43.5 Å². The third-order valence-electron chi connectivity index (χ3n) is 8.34. The number of nitrogens with one attached hydrogen (secondary N) is 2. The number of carbonyl (C=O) groups is 2. The van der Waals surface area contributed by atoms with Gasteiger partial charge < -0.3 is 25.4 Å². The van der Waals surface area contributed by atoms with Crippen LogP contribution in [0, 0.1) is 11.8 Å². The molecular formula is C30H40N4O4S. The first-order chi connectivity index (χ1) is 18.8. The van der Waals surface area contributed by atoms with Crippen LogP contribution >= 0.6 is 11.3 Å². The molecule has 4 atom stereocenters. The van der Waals surface area contributed by atoms with Crippen LogP contribution in [0.15, 0.2) is 35.2 Å². The van der Waals surface area contributed by atoms with E-state index in [1.54, 1.807) is 10.4 Å². The lowest BCUT2D eigenvalue weighted by atomic mass is 9.82. The van der Waals surface area contributed by atoms with Gasteiger partial charge in [0.2, 0.25) is 5.91 Å². The van der Waals surface area contributed by atoms with E-state index in [0.29, 0.717) is 31.0 Å². The van der Waals surface area contributed by atoms with E-state index < -0.39 is 24.3 Å². The molecule has 1 fully saturated rings. The molecule has 0 spiro atoms. The van der Waals surface area contributed by atoms with E-state index in [9.17, 15) is 19.8 Å². The minimum absolute atomic E-state index is 0.208. The zero-order valence-electron chi connectivity index (χ0n) is 22.8. The quantitative estimate of drug-likeness (QED) is 0.281. The summed E-state index contributed by atoms with van der Waals surface area (Å²) in [6.07, 6.45) is 4.97. The fourth-order valence-electron chi connectivity index (χ4n) is 6.30. The number of hydrogen-bond donors (Lipinski definition) is 4. The minimum Gasteiger partial charge on any atom is -0.390 e. The molecule has 210 valence electrons. The highest BCUT2D eigenvalue weighted by Gasteiger charge is 2.40. The Morgan fingerprint density at radius 2 is 1.97 bits per heavy atom. The Balaban J connectivity index is 1.39. The fourth-order valence-corrected chi connectivity index (χ4v) is 6.87. The number of hydrogen-bond acceptors (Lipinski definition) is 6. The van der Waals surface area contributed by atoms with Gasteiger partial charge in [0.05, 0.1) is 23.4 Å². The Hall–Kier alpha value is -2.75. The molecule has 2 amide bonds. The maximum absolute atomic E-state index is 14.0. The molecule has 5 rings (SSSR count). The number of amides is 2. The Labute approximate surface area is 233 Å². The highest BCUT2D eigenvalue weighted by Crippen LogP contribution is 2.33. The van der Waals surface area contributed by atoms with Gasteiger partial charge >= 0.3 is 0 Å². The number of fused-ring (bicyclic) bond motifs is 3.